The monoisotopic (exact) mass is 219 g/mol. The van der Waals surface area contributed by atoms with Crippen molar-refractivity contribution < 1.29 is 5.11 Å². The van der Waals surface area contributed by atoms with E-state index in [0.29, 0.717) is 5.92 Å². The Balaban J connectivity index is 2.03. The van der Waals surface area contributed by atoms with Gasteiger partial charge >= 0.3 is 0 Å². The normalized spacial score (nSPS) is 36.9. The molecule has 2 saturated heterocycles. The van der Waals surface area contributed by atoms with Gasteiger partial charge in [-0.1, -0.05) is 6.92 Å². The number of hydrogen-bond acceptors (Lipinski definition) is 4. The number of piperidine rings is 1. The highest BCUT2D eigenvalue weighted by molar-refractivity contribution is 5.24. The molecule has 0 amide bonds. The molecule has 4 nitrogen and oxygen atoms in total. The maximum Gasteiger partial charge on any atom is 0.125 e. The zero-order chi connectivity index (χ0) is 11.2. The summed E-state index contributed by atoms with van der Waals surface area (Å²) in [5.74, 6) is 0.342. The zero-order valence-electron chi connectivity index (χ0n) is 9.56. The fourth-order valence-electron chi connectivity index (χ4n) is 3.09. The summed E-state index contributed by atoms with van der Waals surface area (Å²) in [7, 11) is 0. The van der Waals surface area contributed by atoms with Gasteiger partial charge in [-0.05, 0) is 19.4 Å². The van der Waals surface area contributed by atoms with Crippen LogP contribution >= 0.6 is 0 Å². The quantitative estimate of drug-likeness (QED) is 0.789. The van der Waals surface area contributed by atoms with Gasteiger partial charge in [-0.2, -0.15) is 0 Å². The second-order valence-electron chi connectivity index (χ2n) is 4.85. The van der Waals surface area contributed by atoms with Crippen molar-refractivity contribution in [3.8, 4) is 0 Å². The van der Waals surface area contributed by atoms with Gasteiger partial charge in [0.15, 0.2) is 0 Å². The van der Waals surface area contributed by atoms with Gasteiger partial charge in [0.05, 0.1) is 11.4 Å². The van der Waals surface area contributed by atoms with Gasteiger partial charge in [0.25, 0.3) is 0 Å². The molecule has 0 aliphatic carbocycles. The highest BCUT2D eigenvalue weighted by Gasteiger charge is 2.51. The predicted octanol–water partition coefficient (Wildman–Crippen LogP) is 0.562. The molecule has 0 radical (unpaired) electrons. The molecule has 86 valence electrons. The third kappa shape index (κ3) is 1.30. The summed E-state index contributed by atoms with van der Waals surface area (Å²) >= 11 is 0. The standard InChI is InChI=1S/C12H17N3O/c1-2-10-11(14-5-4-13-10)12(16)8-15-6-3-9(12)7-15/h4-5,9,16H,2-3,6-8H2,1H3. The fraction of sp³-hybridized carbons (Fsp3) is 0.667. The van der Waals surface area contributed by atoms with Crippen LogP contribution in [0.15, 0.2) is 12.4 Å². The van der Waals surface area contributed by atoms with E-state index in [4.69, 9.17) is 0 Å². The van der Waals surface area contributed by atoms with Gasteiger partial charge in [-0.3, -0.25) is 14.9 Å². The molecular formula is C12H17N3O. The molecule has 0 spiro atoms. The van der Waals surface area contributed by atoms with Gasteiger partial charge in [0.2, 0.25) is 0 Å². The second-order valence-corrected chi connectivity index (χ2v) is 4.85. The lowest BCUT2D eigenvalue weighted by atomic mass is 9.83. The number of nitrogens with zero attached hydrogens (tertiary/aromatic N) is 3. The van der Waals surface area contributed by atoms with Crippen molar-refractivity contribution in [3.05, 3.63) is 23.8 Å². The Morgan fingerprint density at radius 3 is 2.94 bits per heavy atom. The first-order valence-electron chi connectivity index (χ1n) is 5.99. The van der Waals surface area contributed by atoms with Gasteiger partial charge in [-0.15, -0.1) is 0 Å². The lowest BCUT2D eigenvalue weighted by Gasteiger charge is -2.32. The van der Waals surface area contributed by atoms with E-state index in [-0.39, 0.29) is 0 Å². The van der Waals surface area contributed by atoms with E-state index >= 15 is 0 Å². The van der Waals surface area contributed by atoms with Crippen LogP contribution in [0.4, 0.5) is 0 Å². The predicted molar refractivity (Wildman–Crippen MR) is 59.9 cm³/mol. The number of rotatable bonds is 2. The van der Waals surface area contributed by atoms with Crippen molar-refractivity contribution >= 4 is 0 Å². The van der Waals surface area contributed by atoms with Crippen LogP contribution in [0.1, 0.15) is 24.7 Å². The molecule has 3 rings (SSSR count). The zero-order valence-corrected chi connectivity index (χ0v) is 9.56. The molecular weight excluding hydrogens is 202 g/mol. The van der Waals surface area contributed by atoms with Crippen LogP contribution in [0, 0.1) is 5.92 Å². The van der Waals surface area contributed by atoms with Crippen molar-refractivity contribution in [2.45, 2.75) is 25.4 Å². The van der Waals surface area contributed by atoms with Gasteiger partial charge in [0, 0.05) is 31.4 Å². The van der Waals surface area contributed by atoms with Crippen LogP contribution in [0.25, 0.3) is 0 Å². The van der Waals surface area contributed by atoms with Crippen LogP contribution < -0.4 is 0 Å². The highest BCUT2D eigenvalue weighted by atomic mass is 16.3. The summed E-state index contributed by atoms with van der Waals surface area (Å²) in [4.78, 5) is 11.0. The first-order valence-corrected chi connectivity index (χ1v) is 5.99. The highest BCUT2D eigenvalue weighted by Crippen LogP contribution is 2.43. The maximum atomic E-state index is 10.8. The minimum Gasteiger partial charge on any atom is -0.382 e. The summed E-state index contributed by atoms with van der Waals surface area (Å²) in [6, 6.07) is 0. The smallest absolute Gasteiger partial charge is 0.125 e. The van der Waals surface area contributed by atoms with E-state index in [2.05, 4.69) is 21.8 Å². The summed E-state index contributed by atoms with van der Waals surface area (Å²) in [6.45, 7) is 4.92. The molecule has 3 heterocycles. The summed E-state index contributed by atoms with van der Waals surface area (Å²) in [5.41, 5.74) is 1.00. The van der Waals surface area contributed by atoms with Gasteiger partial charge in [-0.25, -0.2) is 0 Å². The van der Waals surface area contributed by atoms with Crippen LogP contribution in [0.2, 0.25) is 0 Å². The SMILES string of the molecule is CCc1nccnc1C1(O)CN2CCC1C2. The van der Waals surface area contributed by atoms with E-state index in [9.17, 15) is 5.11 Å². The van der Waals surface area contributed by atoms with Crippen LogP contribution in [0.5, 0.6) is 0 Å². The Morgan fingerprint density at radius 1 is 1.50 bits per heavy atom. The van der Waals surface area contributed by atoms with Crippen molar-refractivity contribution in [3.63, 3.8) is 0 Å². The Bertz CT molecular complexity index is 409. The number of aromatic nitrogens is 2. The lowest BCUT2D eigenvalue weighted by Crippen LogP contribution is -2.41. The summed E-state index contributed by atoms with van der Waals surface area (Å²) in [6.07, 6.45) is 5.31. The van der Waals surface area contributed by atoms with E-state index in [1.165, 1.54) is 0 Å². The largest absolute Gasteiger partial charge is 0.382 e. The molecule has 1 aromatic rings. The summed E-state index contributed by atoms with van der Waals surface area (Å²) in [5, 5.41) is 10.8. The van der Waals surface area contributed by atoms with Gasteiger partial charge in [0.1, 0.15) is 5.60 Å². The van der Waals surface area contributed by atoms with Gasteiger partial charge < -0.3 is 5.11 Å². The van der Waals surface area contributed by atoms with Crippen LogP contribution in [0.3, 0.4) is 0 Å². The number of aliphatic hydroxyl groups is 1. The fourth-order valence-corrected chi connectivity index (χ4v) is 3.09. The molecule has 16 heavy (non-hydrogen) atoms. The van der Waals surface area contributed by atoms with E-state index in [1.54, 1.807) is 12.4 Å². The Kier molecular flexibility index (Phi) is 2.23. The van der Waals surface area contributed by atoms with Crippen molar-refractivity contribution in [2.75, 3.05) is 19.6 Å². The number of aryl methyl sites for hydroxylation is 1. The summed E-state index contributed by atoms with van der Waals surface area (Å²) < 4.78 is 0. The van der Waals surface area contributed by atoms with Crippen LogP contribution in [-0.4, -0.2) is 39.6 Å². The Hall–Kier alpha value is -1.00. The molecule has 1 aromatic heterocycles. The average Bonchev–Trinajstić information content (AvgIpc) is 2.89. The molecule has 3 atom stereocenters. The third-order valence-electron chi connectivity index (χ3n) is 3.93. The number of hydrogen-bond donors (Lipinski definition) is 1. The topological polar surface area (TPSA) is 49.3 Å². The lowest BCUT2D eigenvalue weighted by molar-refractivity contribution is -0.0150. The molecule has 2 aliphatic rings. The molecule has 2 aliphatic heterocycles. The molecule has 2 fully saturated rings. The Morgan fingerprint density at radius 2 is 2.31 bits per heavy atom. The molecule has 4 heteroatoms. The van der Waals surface area contributed by atoms with E-state index < -0.39 is 5.60 Å². The van der Waals surface area contributed by atoms with E-state index in [0.717, 1.165) is 43.9 Å². The van der Waals surface area contributed by atoms with Crippen molar-refractivity contribution in [2.24, 2.45) is 5.92 Å². The number of fused-ring (bicyclic) bond motifs is 2. The first-order chi connectivity index (χ1) is 7.74. The molecule has 0 aromatic carbocycles. The minimum absolute atomic E-state index is 0.342. The molecule has 2 bridgehead atoms. The molecule has 3 unspecified atom stereocenters. The molecule has 1 N–H and O–H groups in total. The first kappa shape index (κ1) is 10.2. The average molecular weight is 219 g/mol. The second kappa shape index (κ2) is 3.50. The van der Waals surface area contributed by atoms with E-state index in [1.807, 2.05) is 0 Å². The maximum absolute atomic E-state index is 10.8. The van der Waals surface area contributed by atoms with Crippen LogP contribution in [-0.2, 0) is 12.0 Å². The Labute approximate surface area is 95.3 Å². The third-order valence-corrected chi connectivity index (χ3v) is 3.93. The van der Waals surface area contributed by atoms with Crippen molar-refractivity contribution in [1.82, 2.24) is 14.9 Å². The van der Waals surface area contributed by atoms with Crippen molar-refractivity contribution in [1.29, 1.82) is 0 Å². The molecule has 0 saturated carbocycles. The minimum atomic E-state index is -0.752.